The lowest BCUT2D eigenvalue weighted by Crippen LogP contribution is -2.57. The monoisotopic (exact) mass is 456 g/mol. The zero-order valence-electron chi connectivity index (χ0n) is 19.4. The van der Waals surface area contributed by atoms with Crippen LogP contribution in [-0.2, 0) is 6.54 Å². The van der Waals surface area contributed by atoms with Crippen molar-refractivity contribution in [1.29, 1.82) is 0 Å². The number of rotatable bonds is 3. The minimum atomic E-state index is -0.0467. The van der Waals surface area contributed by atoms with Crippen LogP contribution in [0.2, 0.25) is 0 Å². The van der Waals surface area contributed by atoms with Gasteiger partial charge in [0.05, 0.1) is 12.7 Å². The molecule has 1 atom stereocenters. The number of hydrogen-bond acceptors (Lipinski definition) is 5. The lowest BCUT2D eigenvalue weighted by molar-refractivity contribution is 0.134. The number of carbonyl (C=O) groups is 1. The molecule has 0 saturated carbocycles. The highest BCUT2D eigenvalue weighted by Crippen LogP contribution is 2.42. The number of benzene rings is 3. The number of carbonyl (C=O) groups excluding carboxylic acids is 1. The zero-order chi connectivity index (χ0) is 23.5. The maximum Gasteiger partial charge on any atom is 0.318 e. The van der Waals surface area contributed by atoms with Gasteiger partial charge in [0.15, 0.2) is 17.2 Å². The Bertz CT molecular complexity index is 1210. The van der Waals surface area contributed by atoms with E-state index in [-0.39, 0.29) is 12.1 Å². The Morgan fingerprint density at radius 1 is 1.06 bits per heavy atom. The molecule has 34 heavy (non-hydrogen) atoms. The SMILES string of the molecule is COc1cccc2c1Oc1ccccc1N=C2N1CCN(C(=O)NCc2ccccc2)[C@@H](C)C1. The molecule has 0 spiro atoms. The molecule has 1 fully saturated rings. The van der Waals surface area contributed by atoms with Crippen LogP contribution in [0.3, 0.4) is 0 Å². The third-order valence-corrected chi connectivity index (χ3v) is 6.22. The van der Waals surface area contributed by atoms with Gasteiger partial charge in [0.1, 0.15) is 11.5 Å². The minimum Gasteiger partial charge on any atom is -0.493 e. The van der Waals surface area contributed by atoms with Crippen molar-refractivity contribution in [3.05, 3.63) is 83.9 Å². The summed E-state index contributed by atoms with van der Waals surface area (Å²) in [6.07, 6.45) is 0. The first kappa shape index (κ1) is 21.8. The molecule has 0 bridgehead atoms. The molecule has 174 valence electrons. The molecule has 5 rings (SSSR count). The standard InChI is InChI=1S/C27H28N4O3/c1-19-18-30(15-16-31(19)27(32)28-17-20-9-4-3-5-10-20)26-21-11-8-14-24(33-2)25(21)34-23-13-7-6-12-22(23)29-26/h3-14,19H,15-18H2,1-2H3,(H,28,32)/t19-/m0/s1. The van der Waals surface area contributed by atoms with Crippen LogP contribution in [0.5, 0.6) is 17.2 Å². The number of aliphatic imine (C=N–C) groups is 1. The molecule has 2 aliphatic heterocycles. The first-order valence-electron chi connectivity index (χ1n) is 11.5. The summed E-state index contributed by atoms with van der Waals surface area (Å²) >= 11 is 0. The molecule has 3 aromatic rings. The predicted octanol–water partition coefficient (Wildman–Crippen LogP) is 4.80. The molecule has 1 N–H and O–H groups in total. The summed E-state index contributed by atoms with van der Waals surface area (Å²) in [7, 11) is 1.64. The van der Waals surface area contributed by atoms with E-state index in [1.54, 1.807) is 7.11 Å². The van der Waals surface area contributed by atoms with E-state index in [0.29, 0.717) is 43.4 Å². The number of amidine groups is 1. The summed E-state index contributed by atoms with van der Waals surface area (Å²) in [6, 6.07) is 23.5. The number of hydrogen-bond donors (Lipinski definition) is 1. The summed E-state index contributed by atoms with van der Waals surface area (Å²) in [6.45, 7) is 4.52. The number of nitrogens with zero attached hydrogens (tertiary/aromatic N) is 3. The number of ether oxygens (including phenoxy) is 2. The smallest absolute Gasteiger partial charge is 0.318 e. The maximum absolute atomic E-state index is 12.9. The van der Waals surface area contributed by atoms with Crippen LogP contribution in [0, 0.1) is 0 Å². The van der Waals surface area contributed by atoms with E-state index in [1.807, 2.05) is 77.7 Å². The normalized spacial score (nSPS) is 17.0. The average molecular weight is 457 g/mol. The van der Waals surface area contributed by atoms with E-state index in [1.165, 1.54) is 0 Å². The van der Waals surface area contributed by atoms with Gasteiger partial charge in [-0.2, -0.15) is 0 Å². The minimum absolute atomic E-state index is 0.0145. The number of amides is 2. The molecule has 1 saturated heterocycles. The highest BCUT2D eigenvalue weighted by molar-refractivity contribution is 6.04. The van der Waals surface area contributed by atoms with E-state index in [4.69, 9.17) is 14.5 Å². The largest absolute Gasteiger partial charge is 0.493 e. The Morgan fingerprint density at radius 2 is 1.85 bits per heavy atom. The van der Waals surface area contributed by atoms with Crippen LogP contribution in [0.25, 0.3) is 0 Å². The van der Waals surface area contributed by atoms with Crippen LogP contribution in [-0.4, -0.2) is 54.5 Å². The Morgan fingerprint density at radius 3 is 2.65 bits per heavy atom. The Kier molecular flexibility index (Phi) is 6.08. The number of piperazine rings is 1. The van der Waals surface area contributed by atoms with Gasteiger partial charge in [-0.05, 0) is 36.8 Å². The summed E-state index contributed by atoms with van der Waals surface area (Å²) in [5, 5.41) is 3.05. The Balaban J connectivity index is 1.37. The lowest BCUT2D eigenvalue weighted by atomic mass is 10.1. The summed E-state index contributed by atoms with van der Waals surface area (Å²) in [5.74, 6) is 2.84. The zero-order valence-corrected chi connectivity index (χ0v) is 19.4. The van der Waals surface area contributed by atoms with Crippen LogP contribution in [0.4, 0.5) is 10.5 Å². The van der Waals surface area contributed by atoms with Gasteiger partial charge >= 0.3 is 6.03 Å². The number of para-hydroxylation sites is 3. The molecule has 2 amide bonds. The molecular weight excluding hydrogens is 428 g/mol. The average Bonchev–Trinajstić information content (AvgIpc) is 3.04. The van der Waals surface area contributed by atoms with E-state index in [9.17, 15) is 4.79 Å². The van der Waals surface area contributed by atoms with Gasteiger partial charge in [-0.25, -0.2) is 9.79 Å². The second-order valence-electron chi connectivity index (χ2n) is 8.47. The summed E-state index contributed by atoms with van der Waals surface area (Å²) in [4.78, 5) is 22.0. The number of fused-ring (bicyclic) bond motifs is 2. The molecule has 2 heterocycles. The summed E-state index contributed by atoms with van der Waals surface area (Å²) in [5.41, 5.74) is 2.73. The van der Waals surface area contributed by atoms with E-state index < -0.39 is 0 Å². The van der Waals surface area contributed by atoms with Crippen LogP contribution in [0.15, 0.2) is 77.8 Å². The topological polar surface area (TPSA) is 66.4 Å². The van der Waals surface area contributed by atoms with Crippen LogP contribution >= 0.6 is 0 Å². The lowest BCUT2D eigenvalue weighted by Gasteiger charge is -2.41. The number of methoxy groups -OCH3 is 1. The fourth-order valence-corrected chi connectivity index (χ4v) is 4.45. The van der Waals surface area contributed by atoms with E-state index in [2.05, 4.69) is 17.1 Å². The maximum atomic E-state index is 12.9. The fourth-order valence-electron chi connectivity index (χ4n) is 4.45. The first-order valence-corrected chi connectivity index (χ1v) is 11.5. The predicted molar refractivity (Wildman–Crippen MR) is 132 cm³/mol. The van der Waals surface area contributed by atoms with Gasteiger partial charge in [0.25, 0.3) is 0 Å². The van der Waals surface area contributed by atoms with Gasteiger partial charge in [0.2, 0.25) is 0 Å². The third-order valence-electron chi connectivity index (χ3n) is 6.22. The fraction of sp³-hybridized carbons (Fsp3) is 0.259. The first-order chi connectivity index (χ1) is 16.6. The molecule has 3 aromatic carbocycles. The van der Waals surface area contributed by atoms with E-state index in [0.717, 1.165) is 22.6 Å². The molecule has 0 aliphatic carbocycles. The van der Waals surface area contributed by atoms with Crippen molar-refractivity contribution in [3.63, 3.8) is 0 Å². The van der Waals surface area contributed by atoms with Gasteiger partial charge < -0.3 is 24.6 Å². The van der Waals surface area contributed by atoms with Gasteiger partial charge in [-0.1, -0.05) is 48.5 Å². The van der Waals surface area contributed by atoms with Gasteiger partial charge in [-0.15, -0.1) is 0 Å². The molecule has 0 aromatic heterocycles. The number of nitrogens with one attached hydrogen (secondary N) is 1. The van der Waals surface area contributed by atoms with Gasteiger partial charge in [0, 0.05) is 32.2 Å². The second-order valence-corrected chi connectivity index (χ2v) is 8.47. The molecule has 2 aliphatic rings. The van der Waals surface area contributed by atoms with Crippen molar-refractivity contribution in [1.82, 2.24) is 15.1 Å². The highest BCUT2D eigenvalue weighted by Gasteiger charge is 2.32. The van der Waals surface area contributed by atoms with Crippen molar-refractivity contribution >= 4 is 17.6 Å². The van der Waals surface area contributed by atoms with Crippen molar-refractivity contribution in [2.75, 3.05) is 26.7 Å². The Hall–Kier alpha value is -4.00. The van der Waals surface area contributed by atoms with Crippen molar-refractivity contribution in [2.24, 2.45) is 4.99 Å². The van der Waals surface area contributed by atoms with E-state index >= 15 is 0 Å². The van der Waals surface area contributed by atoms with Gasteiger partial charge in [-0.3, -0.25) is 0 Å². The third kappa shape index (κ3) is 4.29. The highest BCUT2D eigenvalue weighted by atomic mass is 16.5. The molecule has 0 unspecified atom stereocenters. The van der Waals surface area contributed by atoms with Crippen LogP contribution in [0.1, 0.15) is 18.1 Å². The van der Waals surface area contributed by atoms with Crippen LogP contribution < -0.4 is 14.8 Å². The quantitative estimate of drug-likeness (QED) is 0.615. The van der Waals surface area contributed by atoms with Crippen molar-refractivity contribution in [3.8, 4) is 17.2 Å². The second kappa shape index (κ2) is 9.47. The molecule has 0 radical (unpaired) electrons. The molecule has 7 nitrogen and oxygen atoms in total. The molecule has 7 heteroatoms. The molecular formula is C27H28N4O3. The van der Waals surface area contributed by atoms with Crippen molar-refractivity contribution < 1.29 is 14.3 Å². The number of urea groups is 1. The summed E-state index contributed by atoms with van der Waals surface area (Å²) < 4.78 is 11.9. The van der Waals surface area contributed by atoms with Crippen molar-refractivity contribution in [2.45, 2.75) is 19.5 Å². The Labute approximate surface area is 199 Å².